The minimum atomic E-state index is -0.165. The Bertz CT molecular complexity index is 836. The van der Waals surface area contributed by atoms with Gasteiger partial charge in [-0.3, -0.25) is 9.59 Å². The normalized spacial score (nSPS) is 15.1. The number of likely N-dealkylation sites (tertiary alicyclic amines) is 1. The highest BCUT2D eigenvalue weighted by Crippen LogP contribution is 2.20. The fourth-order valence-electron chi connectivity index (χ4n) is 3.23. The van der Waals surface area contributed by atoms with E-state index in [2.05, 4.69) is 32.2 Å². The third-order valence-electron chi connectivity index (χ3n) is 4.72. The highest BCUT2D eigenvalue weighted by atomic mass is 16.2. The largest absolute Gasteiger partial charge is 0.368 e. The van der Waals surface area contributed by atoms with Crippen molar-refractivity contribution in [2.24, 2.45) is 5.92 Å². The number of hydrogen-bond acceptors (Lipinski definition) is 5. The number of nitrogens with one attached hydrogen (secondary N) is 3. The molecule has 0 unspecified atom stereocenters. The van der Waals surface area contributed by atoms with Gasteiger partial charge in [0, 0.05) is 31.9 Å². The number of fused-ring (bicyclic) bond motifs is 1. The van der Waals surface area contributed by atoms with Crippen molar-refractivity contribution in [3.05, 3.63) is 30.6 Å². The summed E-state index contributed by atoms with van der Waals surface area (Å²) in [7, 11) is 0. The van der Waals surface area contributed by atoms with Gasteiger partial charge >= 0.3 is 0 Å². The zero-order chi connectivity index (χ0) is 19.4. The smallest absolute Gasteiger partial charge is 0.255 e. The SMILES string of the molecule is C=CC(=O)N1CCC(CNc2cnc3[nH]cc(C(=O)NC(C)C)c3n2)CC1. The van der Waals surface area contributed by atoms with Gasteiger partial charge < -0.3 is 20.5 Å². The molecule has 0 bridgehead atoms. The lowest BCUT2D eigenvalue weighted by atomic mass is 9.97. The van der Waals surface area contributed by atoms with Crippen molar-refractivity contribution in [1.29, 1.82) is 0 Å². The lowest BCUT2D eigenvalue weighted by Gasteiger charge is -2.31. The average Bonchev–Trinajstić information content (AvgIpc) is 3.09. The molecule has 0 radical (unpaired) electrons. The molecule has 27 heavy (non-hydrogen) atoms. The van der Waals surface area contributed by atoms with Gasteiger partial charge in [0.05, 0.1) is 11.8 Å². The van der Waals surface area contributed by atoms with Gasteiger partial charge in [-0.05, 0) is 38.7 Å². The molecular weight excluding hydrogens is 344 g/mol. The first-order valence-electron chi connectivity index (χ1n) is 9.28. The summed E-state index contributed by atoms with van der Waals surface area (Å²) >= 11 is 0. The molecule has 0 saturated carbocycles. The number of aromatic nitrogens is 3. The quantitative estimate of drug-likeness (QED) is 0.674. The zero-order valence-corrected chi connectivity index (χ0v) is 15.8. The predicted molar refractivity (Wildman–Crippen MR) is 104 cm³/mol. The Morgan fingerprint density at radius 3 is 2.81 bits per heavy atom. The van der Waals surface area contributed by atoms with Gasteiger partial charge in [0.25, 0.3) is 5.91 Å². The Balaban J connectivity index is 1.62. The van der Waals surface area contributed by atoms with Gasteiger partial charge in [-0.2, -0.15) is 0 Å². The lowest BCUT2D eigenvalue weighted by Crippen LogP contribution is -2.39. The first-order valence-corrected chi connectivity index (χ1v) is 9.28. The number of aromatic amines is 1. The fourth-order valence-corrected chi connectivity index (χ4v) is 3.23. The Labute approximate surface area is 158 Å². The molecule has 2 amide bonds. The maximum absolute atomic E-state index is 12.3. The first-order chi connectivity index (χ1) is 13.0. The van der Waals surface area contributed by atoms with Crippen LogP contribution in [0.25, 0.3) is 11.2 Å². The van der Waals surface area contributed by atoms with Crippen LogP contribution in [0.4, 0.5) is 5.82 Å². The second-order valence-electron chi connectivity index (χ2n) is 7.14. The standard InChI is InChI=1S/C19H26N6O2/c1-4-16(26)25-7-5-13(6-8-25)9-20-15-11-22-18-17(24-15)14(10-21-18)19(27)23-12(2)3/h4,10-13H,1,5-9H2,2-3H3,(H,20,24)(H,21,22)(H,23,27). The van der Waals surface area contributed by atoms with E-state index in [-0.39, 0.29) is 17.9 Å². The van der Waals surface area contributed by atoms with E-state index >= 15 is 0 Å². The van der Waals surface area contributed by atoms with Crippen LogP contribution in [-0.4, -0.2) is 57.3 Å². The summed E-state index contributed by atoms with van der Waals surface area (Å²) in [6.45, 7) is 9.63. The third kappa shape index (κ3) is 4.45. The van der Waals surface area contributed by atoms with Crippen molar-refractivity contribution >= 4 is 28.8 Å². The van der Waals surface area contributed by atoms with Crippen molar-refractivity contribution in [2.45, 2.75) is 32.7 Å². The summed E-state index contributed by atoms with van der Waals surface area (Å²) in [5, 5.41) is 6.19. The van der Waals surface area contributed by atoms with Crippen molar-refractivity contribution in [3.8, 4) is 0 Å². The van der Waals surface area contributed by atoms with Crippen LogP contribution in [0.15, 0.2) is 25.0 Å². The Hall–Kier alpha value is -2.90. The van der Waals surface area contributed by atoms with Crippen LogP contribution in [0.1, 0.15) is 37.0 Å². The topological polar surface area (TPSA) is 103 Å². The second kappa shape index (κ2) is 8.20. The number of piperidine rings is 1. The van der Waals surface area contributed by atoms with Crippen molar-refractivity contribution in [2.75, 3.05) is 25.0 Å². The molecule has 144 valence electrons. The molecule has 1 fully saturated rings. The molecule has 3 N–H and O–H groups in total. The Morgan fingerprint density at radius 1 is 1.41 bits per heavy atom. The van der Waals surface area contributed by atoms with E-state index in [1.807, 2.05) is 18.7 Å². The molecule has 1 aliphatic rings. The van der Waals surface area contributed by atoms with Crippen LogP contribution >= 0.6 is 0 Å². The second-order valence-corrected chi connectivity index (χ2v) is 7.14. The number of amides is 2. The van der Waals surface area contributed by atoms with E-state index < -0.39 is 0 Å². The van der Waals surface area contributed by atoms with Crippen molar-refractivity contribution < 1.29 is 9.59 Å². The molecule has 8 heteroatoms. The van der Waals surface area contributed by atoms with Gasteiger partial charge in [0.1, 0.15) is 11.3 Å². The zero-order valence-electron chi connectivity index (χ0n) is 15.8. The summed E-state index contributed by atoms with van der Waals surface area (Å²) in [6.07, 6.45) is 6.55. The first kappa shape index (κ1) is 18.9. The number of anilines is 1. The number of nitrogens with zero attached hydrogens (tertiary/aromatic N) is 3. The van der Waals surface area contributed by atoms with E-state index in [1.54, 1.807) is 12.4 Å². The van der Waals surface area contributed by atoms with Crippen LogP contribution in [0, 0.1) is 5.92 Å². The minimum absolute atomic E-state index is 0.00242. The Kier molecular flexibility index (Phi) is 5.73. The van der Waals surface area contributed by atoms with E-state index in [9.17, 15) is 9.59 Å². The molecule has 3 rings (SSSR count). The minimum Gasteiger partial charge on any atom is -0.368 e. The molecule has 0 aromatic carbocycles. The predicted octanol–water partition coefficient (Wildman–Crippen LogP) is 1.93. The molecule has 2 aromatic rings. The number of carbonyl (C=O) groups excluding carboxylic acids is 2. The summed E-state index contributed by atoms with van der Waals surface area (Å²) < 4.78 is 0. The average molecular weight is 370 g/mol. The maximum Gasteiger partial charge on any atom is 0.255 e. The summed E-state index contributed by atoms with van der Waals surface area (Å²) in [5.74, 6) is 0.941. The van der Waals surface area contributed by atoms with Gasteiger partial charge in [-0.1, -0.05) is 6.58 Å². The number of carbonyl (C=O) groups is 2. The van der Waals surface area contributed by atoms with Crippen LogP contribution in [0.2, 0.25) is 0 Å². The van der Waals surface area contributed by atoms with Gasteiger partial charge in [-0.25, -0.2) is 9.97 Å². The monoisotopic (exact) mass is 370 g/mol. The van der Waals surface area contributed by atoms with Gasteiger partial charge in [-0.15, -0.1) is 0 Å². The van der Waals surface area contributed by atoms with Crippen LogP contribution in [-0.2, 0) is 4.79 Å². The molecular formula is C19H26N6O2. The van der Waals surface area contributed by atoms with Gasteiger partial charge in [0.15, 0.2) is 5.65 Å². The molecule has 1 aliphatic heterocycles. The van der Waals surface area contributed by atoms with Crippen LogP contribution < -0.4 is 10.6 Å². The number of rotatable bonds is 6. The van der Waals surface area contributed by atoms with Crippen molar-refractivity contribution in [1.82, 2.24) is 25.2 Å². The van der Waals surface area contributed by atoms with Crippen LogP contribution in [0.3, 0.4) is 0 Å². The molecule has 0 aliphatic carbocycles. The highest BCUT2D eigenvalue weighted by Gasteiger charge is 2.21. The van der Waals surface area contributed by atoms with Crippen LogP contribution in [0.5, 0.6) is 0 Å². The molecule has 0 spiro atoms. The fraction of sp³-hybridized carbons (Fsp3) is 0.474. The van der Waals surface area contributed by atoms with E-state index in [0.717, 1.165) is 32.5 Å². The maximum atomic E-state index is 12.3. The molecule has 3 heterocycles. The molecule has 1 saturated heterocycles. The number of H-pyrrole nitrogens is 1. The number of hydrogen-bond donors (Lipinski definition) is 3. The van der Waals surface area contributed by atoms with Crippen molar-refractivity contribution in [3.63, 3.8) is 0 Å². The highest BCUT2D eigenvalue weighted by molar-refractivity contribution is 6.04. The molecule has 2 aromatic heterocycles. The summed E-state index contributed by atoms with van der Waals surface area (Å²) in [6, 6.07) is 0.0514. The summed E-state index contributed by atoms with van der Waals surface area (Å²) in [5.41, 5.74) is 1.64. The lowest BCUT2D eigenvalue weighted by molar-refractivity contribution is -0.127. The van der Waals surface area contributed by atoms with E-state index in [0.29, 0.717) is 28.5 Å². The molecule has 8 nitrogen and oxygen atoms in total. The summed E-state index contributed by atoms with van der Waals surface area (Å²) in [4.78, 5) is 37.7. The third-order valence-corrected chi connectivity index (χ3v) is 4.72. The molecule has 0 atom stereocenters. The Morgan fingerprint density at radius 2 is 2.15 bits per heavy atom. The van der Waals surface area contributed by atoms with Gasteiger partial charge in [0.2, 0.25) is 5.91 Å². The van der Waals surface area contributed by atoms with E-state index in [1.165, 1.54) is 6.08 Å². The van der Waals surface area contributed by atoms with E-state index in [4.69, 9.17) is 0 Å².